The molecule has 30 heavy (non-hydrogen) atoms. The van der Waals surface area contributed by atoms with Crippen molar-refractivity contribution in [2.75, 3.05) is 19.8 Å². The molecule has 0 atom stereocenters. The molecule has 0 saturated heterocycles. The monoisotopic (exact) mass is 411 g/mol. The van der Waals surface area contributed by atoms with Gasteiger partial charge in [-0.05, 0) is 49.4 Å². The molecule has 1 amide bonds. The molecule has 0 aliphatic carbocycles. The second kappa shape index (κ2) is 11.8. The molecule has 160 valence electrons. The van der Waals surface area contributed by atoms with Gasteiger partial charge in [0.15, 0.2) is 12.4 Å². The Labute approximate surface area is 177 Å². The molecule has 2 rings (SSSR count). The van der Waals surface area contributed by atoms with Gasteiger partial charge in [0.05, 0.1) is 13.0 Å². The van der Waals surface area contributed by atoms with E-state index >= 15 is 0 Å². The molecule has 2 aromatic rings. The van der Waals surface area contributed by atoms with E-state index in [1.54, 1.807) is 12.1 Å². The molecule has 2 aromatic carbocycles. The molecule has 0 unspecified atom stereocenters. The Morgan fingerprint density at radius 3 is 2.43 bits per heavy atom. The Balaban J connectivity index is 1.69. The molecule has 0 spiro atoms. The highest BCUT2D eigenvalue weighted by molar-refractivity contribution is 5.97. The lowest BCUT2D eigenvalue weighted by Crippen LogP contribution is -2.21. The molecule has 0 bridgehead atoms. The van der Waals surface area contributed by atoms with Crippen molar-refractivity contribution in [3.63, 3.8) is 0 Å². The summed E-state index contributed by atoms with van der Waals surface area (Å²) >= 11 is 0. The van der Waals surface area contributed by atoms with E-state index in [2.05, 4.69) is 5.32 Å². The summed E-state index contributed by atoms with van der Waals surface area (Å²) in [5, 5.41) is 2.75. The number of rotatable bonds is 11. The average molecular weight is 411 g/mol. The summed E-state index contributed by atoms with van der Waals surface area (Å²) < 4.78 is 10.7. The fourth-order valence-electron chi connectivity index (χ4n) is 2.82. The van der Waals surface area contributed by atoms with Gasteiger partial charge in [-0.25, -0.2) is 0 Å². The number of benzene rings is 2. The van der Waals surface area contributed by atoms with Crippen LogP contribution < -0.4 is 10.1 Å². The highest BCUT2D eigenvalue weighted by atomic mass is 16.5. The number of ether oxygens (including phenoxy) is 2. The number of hydrogen-bond donors (Lipinski definition) is 1. The molecule has 0 fully saturated rings. The van der Waals surface area contributed by atoms with E-state index in [-0.39, 0.29) is 31.3 Å². The molecule has 1 N–H and O–H groups in total. The number of Topliss-reactive ketones (excluding diaryl/α,β-unsaturated/α-hetero) is 1. The summed E-state index contributed by atoms with van der Waals surface area (Å²) in [4.78, 5) is 34.9. The van der Waals surface area contributed by atoms with Gasteiger partial charge in [-0.15, -0.1) is 0 Å². The van der Waals surface area contributed by atoms with Crippen molar-refractivity contribution in [3.8, 4) is 5.75 Å². The first-order valence-corrected chi connectivity index (χ1v) is 10.1. The van der Waals surface area contributed by atoms with E-state index in [9.17, 15) is 14.4 Å². The minimum absolute atomic E-state index is 0.0395. The third-order valence-electron chi connectivity index (χ3n) is 4.56. The quantitative estimate of drug-likeness (QED) is 0.347. The number of aryl methyl sites for hydroxylation is 3. The van der Waals surface area contributed by atoms with Crippen molar-refractivity contribution >= 4 is 17.7 Å². The van der Waals surface area contributed by atoms with Crippen LogP contribution >= 0.6 is 0 Å². The lowest BCUT2D eigenvalue weighted by Gasteiger charge is -2.10. The number of esters is 1. The zero-order chi connectivity index (χ0) is 21.9. The molecule has 0 aliphatic rings. The van der Waals surface area contributed by atoms with Crippen molar-refractivity contribution in [3.05, 3.63) is 64.7 Å². The Bertz CT molecular complexity index is 874. The number of carbonyl (C=O) groups is 3. The van der Waals surface area contributed by atoms with E-state index in [4.69, 9.17) is 9.47 Å². The topological polar surface area (TPSA) is 81.7 Å². The van der Waals surface area contributed by atoms with Crippen LogP contribution in [0.25, 0.3) is 0 Å². The zero-order valence-corrected chi connectivity index (χ0v) is 17.8. The van der Waals surface area contributed by atoms with Gasteiger partial charge in [-0.2, -0.15) is 0 Å². The minimum atomic E-state index is -0.469. The molecular formula is C24H29NO5. The van der Waals surface area contributed by atoms with Crippen LogP contribution in [-0.4, -0.2) is 37.4 Å². The summed E-state index contributed by atoms with van der Waals surface area (Å²) in [7, 11) is 0. The molecule has 0 radical (unpaired) electrons. The highest BCUT2D eigenvalue weighted by Crippen LogP contribution is 2.19. The lowest BCUT2D eigenvalue weighted by molar-refractivity contribution is -0.143. The molecule has 0 saturated carbocycles. The molecule has 0 heterocycles. The summed E-state index contributed by atoms with van der Waals surface area (Å²) in [6, 6.07) is 13.1. The highest BCUT2D eigenvalue weighted by Gasteiger charge is 2.11. The SMILES string of the molecule is CC(=O)NCCCc1ccc(C(=O)COC(=O)CCOc2cc(C)ccc2C)cc1. The van der Waals surface area contributed by atoms with Gasteiger partial charge in [0.25, 0.3) is 0 Å². The van der Waals surface area contributed by atoms with Crippen LogP contribution in [0.4, 0.5) is 0 Å². The van der Waals surface area contributed by atoms with Crippen LogP contribution in [0, 0.1) is 13.8 Å². The van der Waals surface area contributed by atoms with E-state index in [0.717, 1.165) is 35.3 Å². The molecule has 6 nitrogen and oxygen atoms in total. The number of nitrogens with one attached hydrogen (secondary N) is 1. The maximum absolute atomic E-state index is 12.2. The molecule has 0 aromatic heterocycles. The second-order valence-corrected chi connectivity index (χ2v) is 7.23. The summed E-state index contributed by atoms with van der Waals surface area (Å²) in [5.41, 5.74) is 3.67. The Kier molecular flexibility index (Phi) is 9.06. The molecule has 0 aliphatic heterocycles. The smallest absolute Gasteiger partial charge is 0.309 e. The standard InChI is InChI=1S/C24H29NO5/c1-17-6-7-18(2)23(15-17)29-14-12-24(28)30-16-22(27)21-10-8-20(9-11-21)5-4-13-25-19(3)26/h6-11,15H,4-5,12-14,16H2,1-3H3,(H,25,26). The first-order valence-electron chi connectivity index (χ1n) is 10.1. The number of carbonyl (C=O) groups excluding carboxylic acids is 3. The second-order valence-electron chi connectivity index (χ2n) is 7.23. The van der Waals surface area contributed by atoms with Crippen LogP contribution in [0.5, 0.6) is 5.75 Å². The fraction of sp³-hybridized carbons (Fsp3) is 0.375. The van der Waals surface area contributed by atoms with Gasteiger partial charge >= 0.3 is 5.97 Å². The first-order chi connectivity index (χ1) is 14.3. The maximum Gasteiger partial charge on any atom is 0.309 e. The van der Waals surface area contributed by atoms with E-state index in [1.165, 1.54) is 6.92 Å². The number of ketones is 1. The third kappa shape index (κ3) is 8.07. The minimum Gasteiger partial charge on any atom is -0.493 e. The van der Waals surface area contributed by atoms with Gasteiger partial charge in [0, 0.05) is 19.0 Å². The molecule has 6 heteroatoms. The van der Waals surface area contributed by atoms with Gasteiger partial charge in [0.1, 0.15) is 5.75 Å². The summed E-state index contributed by atoms with van der Waals surface area (Å²) in [5.74, 6) is -0.00906. The van der Waals surface area contributed by atoms with Crippen molar-refractivity contribution in [1.29, 1.82) is 0 Å². The largest absolute Gasteiger partial charge is 0.493 e. The van der Waals surface area contributed by atoms with Crippen LogP contribution in [-0.2, 0) is 20.7 Å². The van der Waals surface area contributed by atoms with E-state index < -0.39 is 5.97 Å². The number of hydrogen-bond acceptors (Lipinski definition) is 5. The van der Waals surface area contributed by atoms with Gasteiger partial charge in [-0.3, -0.25) is 14.4 Å². The first kappa shape index (κ1) is 23.1. The summed E-state index contributed by atoms with van der Waals surface area (Å²) in [6.45, 7) is 5.95. The normalized spacial score (nSPS) is 10.4. The Hall–Kier alpha value is -3.15. The Morgan fingerprint density at radius 2 is 1.73 bits per heavy atom. The predicted octanol–water partition coefficient (Wildman–Crippen LogP) is 3.57. The van der Waals surface area contributed by atoms with Crippen molar-refractivity contribution in [1.82, 2.24) is 5.32 Å². The number of amides is 1. The maximum atomic E-state index is 12.2. The zero-order valence-electron chi connectivity index (χ0n) is 17.8. The molecular weight excluding hydrogens is 382 g/mol. The van der Waals surface area contributed by atoms with Gasteiger partial charge in [0.2, 0.25) is 5.91 Å². The van der Waals surface area contributed by atoms with Gasteiger partial charge < -0.3 is 14.8 Å². The third-order valence-corrected chi connectivity index (χ3v) is 4.56. The van der Waals surface area contributed by atoms with Crippen molar-refractivity contribution in [2.45, 2.75) is 40.0 Å². The van der Waals surface area contributed by atoms with E-state index in [1.807, 2.05) is 44.2 Å². The van der Waals surface area contributed by atoms with Crippen LogP contribution in [0.15, 0.2) is 42.5 Å². The predicted molar refractivity (Wildman–Crippen MR) is 115 cm³/mol. The lowest BCUT2D eigenvalue weighted by atomic mass is 10.1. The van der Waals surface area contributed by atoms with Crippen LogP contribution in [0.1, 0.15) is 46.8 Å². The van der Waals surface area contributed by atoms with Crippen molar-refractivity contribution < 1.29 is 23.9 Å². The van der Waals surface area contributed by atoms with Gasteiger partial charge in [-0.1, -0.05) is 36.4 Å². The average Bonchev–Trinajstić information content (AvgIpc) is 2.72. The fourth-order valence-corrected chi connectivity index (χ4v) is 2.82. The van der Waals surface area contributed by atoms with Crippen molar-refractivity contribution in [2.24, 2.45) is 0 Å². The van der Waals surface area contributed by atoms with Crippen LogP contribution in [0.2, 0.25) is 0 Å². The van der Waals surface area contributed by atoms with Crippen LogP contribution in [0.3, 0.4) is 0 Å². The summed E-state index contributed by atoms with van der Waals surface area (Å²) in [6.07, 6.45) is 1.71. The van der Waals surface area contributed by atoms with E-state index in [0.29, 0.717) is 12.1 Å². The Morgan fingerprint density at radius 1 is 1.00 bits per heavy atom.